The van der Waals surface area contributed by atoms with E-state index in [4.69, 9.17) is 4.42 Å². The van der Waals surface area contributed by atoms with Crippen molar-refractivity contribution in [2.24, 2.45) is 0 Å². The van der Waals surface area contributed by atoms with Gasteiger partial charge in [0.15, 0.2) is 0 Å². The lowest BCUT2D eigenvalue weighted by atomic mass is 10.1. The third kappa shape index (κ3) is 4.66. The Balaban J connectivity index is 1.43. The first-order chi connectivity index (χ1) is 14.0. The van der Waals surface area contributed by atoms with E-state index in [9.17, 15) is 13.2 Å². The fourth-order valence-corrected chi connectivity index (χ4v) is 2.92. The first-order valence-electron chi connectivity index (χ1n) is 8.86. The molecule has 8 heteroatoms. The molecule has 0 aliphatic carbocycles. The molecule has 0 fully saturated rings. The molecule has 0 saturated heterocycles. The second kappa shape index (κ2) is 7.83. The molecular formula is C21H16F3N3O2. The van der Waals surface area contributed by atoms with Crippen LogP contribution in [-0.2, 0) is 6.42 Å². The Bertz CT molecular complexity index is 1090. The van der Waals surface area contributed by atoms with Crippen molar-refractivity contribution >= 4 is 16.9 Å². The molecule has 2 heterocycles. The van der Waals surface area contributed by atoms with E-state index in [1.165, 1.54) is 18.5 Å². The summed E-state index contributed by atoms with van der Waals surface area (Å²) < 4.78 is 46.3. The molecule has 0 amide bonds. The molecule has 0 atom stereocenters. The van der Waals surface area contributed by atoms with Crippen molar-refractivity contribution in [1.82, 2.24) is 9.97 Å². The van der Waals surface area contributed by atoms with Gasteiger partial charge in [0.05, 0.1) is 5.39 Å². The SMILES string of the molecule is FC(F)(F)Oc1ccc(CCNc2ncnc3oc(-c4ccccc4)cc23)cc1. The smallest absolute Gasteiger partial charge is 0.438 e. The van der Waals surface area contributed by atoms with E-state index in [2.05, 4.69) is 20.0 Å². The molecule has 0 aliphatic heterocycles. The Morgan fingerprint density at radius 3 is 2.45 bits per heavy atom. The van der Waals surface area contributed by atoms with Gasteiger partial charge in [0.2, 0.25) is 5.71 Å². The average molecular weight is 399 g/mol. The second-order valence-corrected chi connectivity index (χ2v) is 6.29. The molecule has 0 saturated carbocycles. The van der Waals surface area contributed by atoms with Crippen molar-refractivity contribution in [2.75, 3.05) is 11.9 Å². The zero-order valence-electron chi connectivity index (χ0n) is 15.1. The monoisotopic (exact) mass is 399 g/mol. The van der Waals surface area contributed by atoms with Gasteiger partial charge in [-0.2, -0.15) is 0 Å². The number of anilines is 1. The third-order valence-corrected chi connectivity index (χ3v) is 4.25. The molecule has 0 aliphatic rings. The van der Waals surface area contributed by atoms with Crippen LogP contribution in [0.3, 0.4) is 0 Å². The van der Waals surface area contributed by atoms with Crippen LogP contribution < -0.4 is 10.1 Å². The van der Waals surface area contributed by atoms with Crippen molar-refractivity contribution in [3.63, 3.8) is 0 Å². The Hall–Kier alpha value is -3.55. The molecule has 2 aromatic carbocycles. The van der Waals surface area contributed by atoms with E-state index in [-0.39, 0.29) is 5.75 Å². The number of hydrogen-bond acceptors (Lipinski definition) is 5. The van der Waals surface area contributed by atoms with Crippen molar-refractivity contribution in [2.45, 2.75) is 12.8 Å². The van der Waals surface area contributed by atoms with Crippen LogP contribution in [-0.4, -0.2) is 22.9 Å². The largest absolute Gasteiger partial charge is 0.573 e. The first kappa shape index (κ1) is 18.8. The number of halogens is 3. The van der Waals surface area contributed by atoms with Crippen LogP contribution in [0.5, 0.6) is 5.75 Å². The Kier molecular flexibility index (Phi) is 5.07. The standard InChI is InChI=1S/C21H16F3N3O2/c22-21(23,24)29-16-8-6-14(7-9-16)10-11-25-19-17-12-18(15-4-2-1-3-5-15)28-20(17)27-13-26-19/h1-9,12-13H,10-11H2,(H,25,26,27). The lowest BCUT2D eigenvalue weighted by Gasteiger charge is -2.10. The molecule has 0 radical (unpaired) electrons. The van der Waals surface area contributed by atoms with Gasteiger partial charge in [-0.1, -0.05) is 42.5 Å². The first-order valence-corrected chi connectivity index (χ1v) is 8.86. The number of hydrogen-bond donors (Lipinski definition) is 1. The summed E-state index contributed by atoms with van der Waals surface area (Å²) >= 11 is 0. The normalized spacial score (nSPS) is 11.6. The maximum Gasteiger partial charge on any atom is 0.573 e. The van der Waals surface area contributed by atoms with Crippen LogP contribution in [0.1, 0.15) is 5.56 Å². The minimum absolute atomic E-state index is 0.237. The molecule has 2 aromatic heterocycles. The predicted octanol–water partition coefficient (Wildman–Crippen LogP) is 5.44. The number of alkyl halides is 3. The number of ether oxygens (including phenoxy) is 1. The van der Waals surface area contributed by atoms with Crippen LogP contribution in [0.2, 0.25) is 0 Å². The highest BCUT2D eigenvalue weighted by Crippen LogP contribution is 2.29. The van der Waals surface area contributed by atoms with E-state index in [0.717, 1.165) is 16.5 Å². The van der Waals surface area contributed by atoms with Gasteiger partial charge in [-0.15, -0.1) is 13.2 Å². The summed E-state index contributed by atoms with van der Waals surface area (Å²) in [5, 5.41) is 4.00. The van der Waals surface area contributed by atoms with Gasteiger partial charge in [0.1, 0.15) is 23.7 Å². The molecule has 1 N–H and O–H groups in total. The van der Waals surface area contributed by atoms with Gasteiger partial charge in [0.25, 0.3) is 0 Å². The lowest BCUT2D eigenvalue weighted by Crippen LogP contribution is -2.17. The average Bonchev–Trinajstić information content (AvgIpc) is 3.14. The highest BCUT2D eigenvalue weighted by atomic mass is 19.4. The van der Waals surface area contributed by atoms with Crippen LogP contribution >= 0.6 is 0 Å². The van der Waals surface area contributed by atoms with Gasteiger partial charge in [-0.05, 0) is 30.2 Å². The third-order valence-electron chi connectivity index (χ3n) is 4.25. The van der Waals surface area contributed by atoms with E-state index in [1.54, 1.807) is 12.1 Å². The predicted molar refractivity (Wildman–Crippen MR) is 103 cm³/mol. The van der Waals surface area contributed by atoms with Crippen molar-refractivity contribution in [3.05, 3.63) is 72.6 Å². The topological polar surface area (TPSA) is 60.2 Å². The summed E-state index contributed by atoms with van der Waals surface area (Å²) in [6.07, 6.45) is -2.67. The van der Waals surface area contributed by atoms with E-state index in [0.29, 0.717) is 30.3 Å². The Labute approximate surface area is 164 Å². The summed E-state index contributed by atoms with van der Waals surface area (Å²) in [5.41, 5.74) is 2.29. The fourth-order valence-electron chi connectivity index (χ4n) is 2.92. The highest BCUT2D eigenvalue weighted by molar-refractivity contribution is 5.89. The van der Waals surface area contributed by atoms with E-state index < -0.39 is 6.36 Å². The van der Waals surface area contributed by atoms with Gasteiger partial charge < -0.3 is 14.5 Å². The lowest BCUT2D eigenvalue weighted by molar-refractivity contribution is -0.274. The van der Waals surface area contributed by atoms with Crippen LogP contribution in [0, 0.1) is 0 Å². The molecule has 0 spiro atoms. The van der Waals surface area contributed by atoms with Crippen molar-refractivity contribution in [3.8, 4) is 17.1 Å². The quantitative estimate of drug-likeness (QED) is 0.468. The van der Waals surface area contributed by atoms with Crippen LogP contribution in [0.4, 0.5) is 19.0 Å². The summed E-state index contributed by atoms with van der Waals surface area (Å²) in [7, 11) is 0. The minimum Gasteiger partial charge on any atom is -0.438 e. The van der Waals surface area contributed by atoms with Crippen molar-refractivity contribution in [1.29, 1.82) is 0 Å². The number of benzene rings is 2. The van der Waals surface area contributed by atoms with E-state index in [1.807, 2.05) is 36.4 Å². The second-order valence-electron chi connectivity index (χ2n) is 6.29. The maximum absolute atomic E-state index is 12.2. The molecule has 4 rings (SSSR count). The Morgan fingerprint density at radius 2 is 1.72 bits per heavy atom. The number of fused-ring (bicyclic) bond motifs is 1. The number of nitrogens with zero attached hydrogens (tertiary/aromatic N) is 2. The molecule has 0 bridgehead atoms. The number of aromatic nitrogens is 2. The summed E-state index contributed by atoms with van der Waals surface area (Å²) in [6, 6.07) is 17.4. The summed E-state index contributed by atoms with van der Waals surface area (Å²) in [6.45, 7) is 0.539. The van der Waals surface area contributed by atoms with Gasteiger partial charge >= 0.3 is 6.36 Å². The van der Waals surface area contributed by atoms with Crippen LogP contribution in [0.25, 0.3) is 22.4 Å². The molecule has 5 nitrogen and oxygen atoms in total. The van der Waals surface area contributed by atoms with Crippen LogP contribution in [0.15, 0.2) is 71.4 Å². The Morgan fingerprint density at radius 1 is 0.966 bits per heavy atom. The zero-order chi connectivity index (χ0) is 20.3. The summed E-state index contributed by atoms with van der Waals surface area (Å²) in [5.74, 6) is 1.10. The number of nitrogens with one attached hydrogen (secondary N) is 1. The number of rotatable bonds is 6. The maximum atomic E-state index is 12.2. The van der Waals surface area contributed by atoms with Gasteiger partial charge in [0, 0.05) is 12.1 Å². The molecule has 148 valence electrons. The highest BCUT2D eigenvalue weighted by Gasteiger charge is 2.30. The van der Waals surface area contributed by atoms with Gasteiger partial charge in [-0.25, -0.2) is 9.97 Å². The molecule has 4 aromatic rings. The fraction of sp³-hybridized carbons (Fsp3) is 0.143. The van der Waals surface area contributed by atoms with E-state index >= 15 is 0 Å². The molecule has 0 unspecified atom stereocenters. The number of furan rings is 1. The summed E-state index contributed by atoms with van der Waals surface area (Å²) in [4.78, 5) is 8.44. The molecule has 29 heavy (non-hydrogen) atoms. The molecular weight excluding hydrogens is 383 g/mol. The van der Waals surface area contributed by atoms with Crippen molar-refractivity contribution < 1.29 is 22.3 Å². The van der Waals surface area contributed by atoms with Gasteiger partial charge in [-0.3, -0.25) is 0 Å². The minimum atomic E-state index is -4.69. The zero-order valence-corrected chi connectivity index (χ0v) is 15.1.